The summed E-state index contributed by atoms with van der Waals surface area (Å²) in [6, 6.07) is 5.60. The lowest BCUT2D eigenvalue weighted by molar-refractivity contribution is -0.0498. The lowest BCUT2D eigenvalue weighted by Gasteiger charge is -2.05. The Balaban J connectivity index is 2.29. The van der Waals surface area contributed by atoms with Crippen LogP contribution in [0.2, 0.25) is 0 Å². The Hall–Kier alpha value is -2.48. The smallest absolute Gasteiger partial charge is 0.387 e. The summed E-state index contributed by atoms with van der Waals surface area (Å²) in [6.45, 7) is -3.11. The van der Waals surface area contributed by atoms with Gasteiger partial charge in [-0.2, -0.15) is 13.9 Å². The van der Waals surface area contributed by atoms with Gasteiger partial charge in [0.2, 0.25) is 0 Å². The van der Waals surface area contributed by atoms with Crippen LogP contribution in [0.1, 0.15) is 16.1 Å². The van der Waals surface area contributed by atoms with Crippen LogP contribution in [0.5, 0.6) is 5.75 Å². The Morgan fingerprint density at radius 1 is 1.33 bits per heavy atom. The molecule has 0 saturated carbocycles. The van der Waals surface area contributed by atoms with Crippen molar-refractivity contribution in [2.75, 3.05) is 6.61 Å². The summed E-state index contributed by atoms with van der Waals surface area (Å²) in [7, 11) is 0. The van der Waals surface area contributed by atoms with Crippen molar-refractivity contribution < 1.29 is 28.5 Å². The largest absolute Gasteiger partial charge is 0.476 e. The number of halogens is 2. The molecule has 2 rings (SSSR count). The quantitative estimate of drug-likeness (QED) is 0.848. The minimum absolute atomic E-state index is 0.00468. The van der Waals surface area contributed by atoms with Gasteiger partial charge >= 0.3 is 12.6 Å². The summed E-state index contributed by atoms with van der Waals surface area (Å²) < 4.78 is 29.6. The summed E-state index contributed by atoms with van der Waals surface area (Å²) in [6.07, 6.45) is 1.64. The van der Waals surface area contributed by atoms with Gasteiger partial charge in [-0.3, -0.25) is 0 Å². The van der Waals surface area contributed by atoms with E-state index in [1.807, 2.05) is 0 Å². The Bertz CT molecular complexity index is 626. The molecule has 2 aromatic rings. The summed E-state index contributed by atoms with van der Waals surface area (Å²) in [5.74, 6) is -1.20. The molecule has 0 atom stereocenters. The lowest BCUT2D eigenvalue weighted by atomic mass is 10.2. The first-order chi connectivity index (χ1) is 10.0. The fraction of sp³-hybridized carbons (Fsp3) is 0.231. The van der Waals surface area contributed by atoms with Gasteiger partial charge in [-0.15, -0.1) is 0 Å². The van der Waals surface area contributed by atoms with E-state index in [0.29, 0.717) is 11.3 Å². The molecule has 0 amide bonds. The fourth-order valence-electron chi connectivity index (χ4n) is 1.81. The highest BCUT2D eigenvalue weighted by molar-refractivity contribution is 5.87. The normalized spacial score (nSPS) is 10.9. The molecule has 1 aromatic heterocycles. The number of carbonyl (C=O) groups is 1. The van der Waals surface area contributed by atoms with E-state index in [2.05, 4.69) is 9.84 Å². The molecule has 0 bridgehead atoms. The maximum Gasteiger partial charge on any atom is 0.387 e. The number of carboxylic acid groups (broad SMARTS) is 1. The molecule has 0 fully saturated rings. The zero-order valence-electron chi connectivity index (χ0n) is 10.7. The minimum atomic E-state index is -2.91. The molecular weight excluding hydrogens is 286 g/mol. The first-order valence-corrected chi connectivity index (χ1v) is 5.99. The molecule has 6 nitrogen and oxygen atoms in total. The van der Waals surface area contributed by atoms with Crippen molar-refractivity contribution in [2.45, 2.75) is 13.0 Å². The highest BCUT2D eigenvalue weighted by atomic mass is 19.3. The molecule has 1 heterocycles. The second-order valence-electron chi connectivity index (χ2n) is 4.10. The summed E-state index contributed by atoms with van der Waals surface area (Å²) >= 11 is 0. The van der Waals surface area contributed by atoms with Gasteiger partial charge in [-0.1, -0.05) is 0 Å². The maximum absolute atomic E-state index is 12.0. The van der Waals surface area contributed by atoms with Crippen LogP contribution in [0.15, 0.2) is 30.5 Å². The van der Waals surface area contributed by atoms with Crippen molar-refractivity contribution in [1.82, 2.24) is 9.78 Å². The maximum atomic E-state index is 12.0. The van der Waals surface area contributed by atoms with Crippen LogP contribution in [0.3, 0.4) is 0 Å². The number of aromatic nitrogens is 2. The molecule has 8 heteroatoms. The highest BCUT2D eigenvalue weighted by Crippen LogP contribution is 2.18. The van der Waals surface area contributed by atoms with Gasteiger partial charge in [0.25, 0.3) is 0 Å². The highest BCUT2D eigenvalue weighted by Gasteiger charge is 2.16. The third-order valence-electron chi connectivity index (χ3n) is 2.70. The molecule has 0 saturated heterocycles. The number of nitrogens with zero attached hydrogens (tertiary/aromatic N) is 2. The summed E-state index contributed by atoms with van der Waals surface area (Å²) in [4.78, 5) is 11.1. The zero-order chi connectivity index (χ0) is 15.4. The van der Waals surface area contributed by atoms with Crippen molar-refractivity contribution in [1.29, 1.82) is 0 Å². The van der Waals surface area contributed by atoms with Crippen molar-refractivity contribution in [3.8, 4) is 11.4 Å². The molecular formula is C13H12F2N2O4. The standard InChI is InChI=1S/C13H12F2N2O4/c14-13(15)21-10-3-1-9(2-4-10)17-7-8(5-6-18)11(16-17)12(19)20/h1-4,7,13,18H,5-6H2,(H,19,20). The van der Waals surface area contributed by atoms with E-state index >= 15 is 0 Å². The van der Waals surface area contributed by atoms with Gasteiger partial charge in [-0.25, -0.2) is 9.48 Å². The molecule has 0 aliphatic carbocycles. The number of ether oxygens (including phenoxy) is 1. The third-order valence-corrected chi connectivity index (χ3v) is 2.70. The molecule has 0 unspecified atom stereocenters. The third kappa shape index (κ3) is 3.54. The number of hydrogen-bond acceptors (Lipinski definition) is 4. The van der Waals surface area contributed by atoms with Crippen molar-refractivity contribution >= 4 is 5.97 Å². The van der Waals surface area contributed by atoms with Gasteiger partial charge in [-0.05, 0) is 30.7 Å². The van der Waals surface area contributed by atoms with Crippen LogP contribution in [0.4, 0.5) is 8.78 Å². The van der Waals surface area contributed by atoms with Crippen molar-refractivity contribution in [3.05, 3.63) is 41.7 Å². The molecule has 112 valence electrons. The van der Waals surface area contributed by atoms with Gasteiger partial charge in [0.15, 0.2) is 5.69 Å². The van der Waals surface area contributed by atoms with E-state index in [-0.39, 0.29) is 24.5 Å². The topological polar surface area (TPSA) is 84.6 Å². The van der Waals surface area contributed by atoms with Crippen LogP contribution in [-0.4, -0.2) is 39.2 Å². The molecule has 0 aliphatic heterocycles. The SMILES string of the molecule is O=C(O)c1nn(-c2ccc(OC(F)F)cc2)cc1CCO. The van der Waals surface area contributed by atoms with Crippen molar-refractivity contribution in [3.63, 3.8) is 0 Å². The van der Waals surface area contributed by atoms with E-state index in [1.165, 1.54) is 35.1 Å². The fourth-order valence-corrected chi connectivity index (χ4v) is 1.81. The van der Waals surface area contributed by atoms with E-state index < -0.39 is 12.6 Å². The molecule has 2 N–H and O–H groups in total. The van der Waals surface area contributed by atoms with E-state index in [9.17, 15) is 13.6 Å². The lowest BCUT2D eigenvalue weighted by Crippen LogP contribution is -2.04. The number of aliphatic hydroxyl groups excluding tert-OH is 1. The first-order valence-electron chi connectivity index (χ1n) is 5.99. The molecule has 21 heavy (non-hydrogen) atoms. The number of aliphatic hydroxyl groups is 1. The Labute approximate surface area is 118 Å². The van der Waals surface area contributed by atoms with E-state index in [0.717, 1.165) is 0 Å². The van der Waals surface area contributed by atoms with Crippen LogP contribution in [0.25, 0.3) is 5.69 Å². The molecule has 1 aromatic carbocycles. The van der Waals surface area contributed by atoms with Gasteiger partial charge in [0.1, 0.15) is 5.75 Å². The van der Waals surface area contributed by atoms with Crippen LogP contribution in [0, 0.1) is 0 Å². The number of alkyl halides is 2. The summed E-state index contributed by atoms with van der Waals surface area (Å²) in [5, 5.41) is 21.8. The number of hydrogen-bond donors (Lipinski definition) is 2. The average molecular weight is 298 g/mol. The van der Waals surface area contributed by atoms with Gasteiger partial charge < -0.3 is 14.9 Å². The Morgan fingerprint density at radius 3 is 2.52 bits per heavy atom. The van der Waals surface area contributed by atoms with Crippen molar-refractivity contribution in [2.24, 2.45) is 0 Å². The second kappa shape index (κ2) is 6.31. The van der Waals surface area contributed by atoms with Gasteiger partial charge in [0.05, 0.1) is 5.69 Å². The second-order valence-corrected chi connectivity index (χ2v) is 4.10. The predicted octanol–water partition coefficient (Wildman–Crippen LogP) is 1.71. The van der Waals surface area contributed by atoms with Crippen LogP contribution < -0.4 is 4.74 Å². The Morgan fingerprint density at radius 2 is 2.00 bits per heavy atom. The molecule has 0 radical (unpaired) electrons. The number of benzene rings is 1. The van der Waals surface area contributed by atoms with Crippen LogP contribution in [-0.2, 0) is 6.42 Å². The number of carboxylic acids is 1. The molecule has 0 aliphatic rings. The van der Waals surface area contributed by atoms with E-state index in [4.69, 9.17) is 10.2 Å². The average Bonchev–Trinajstić information content (AvgIpc) is 2.83. The summed E-state index contributed by atoms with van der Waals surface area (Å²) in [5.41, 5.74) is 0.721. The predicted molar refractivity (Wildman–Crippen MR) is 67.9 cm³/mol. The Kier molecular flexibility index (Phi) is 4.49. The minimum Gasteiger partial charge on any atom is -0.476 e. The monoisotopic (exact) mass is 298 g/mol. The van der Waals surface area contributed by atoms with E-state index in [1.54, 1.807) is 0 Å². The zero-order valence-corrected chi connectivity index (χ0v) is 10.7. The number of aromatic carboxylic acids is 1. The first kappa shape index (κ1) is 14.9. The van der Waals surface area contributed by atoms with Gasteiger partial charge in [0, 0.05) is 18.4 Å². The van der Waals surface area contributed by atoms with Crippen LogP contribution >= 0.6 is 0 Å². The molecule has 0 spiro atoms. The number of rotatable bonds is 6.